The number of thiazole rings is 1. The van der Waals surface area contributed by atoms with Gasteiger partial charge in [-0.2, -0.15) is 0 Å². The Morgan fingerprint density at radius 3 is 2.56 bits per heavy atom. The molecule has 2 rings (SSSR count). The quantitative estimate of drug-likeness (QED) is 0.874. The van der Waals surface area contributed by atoms with Gasteiger partial charge in [0.1, 0.15) is 0 Å². The summed E-state index contributed by atoms with van der Waals surface area (Å²) >= 11 is 1.69. The number of aliphatic hydroxyl groups excluding tert-OH is 1. The van der Waals surface area contributed by atoms with Crippen LogP contribution in [-0.2, 0) is 6.61 Å². The highest BCUT2D eigenvalue weighted by molar-refractivity contribution is 7.11. The minimum Gasteiger partial charge on any atom is -0.391 e. The molecular weight excluding hydrogens is 218 g/mol. The first-order valence-electron chi connectivity index (χ1n) is 6.26. The van der Waals surface area contributed by atoms with E-state index >= 15 is 0 Å². The predicted molar refractivity (Wildman–Crippen MR) is 67.6 cm³/mol. The van der Waals surface area contributed by atoms with Crippen LogP contribution >= 0.6 is 11.3 Å². The summed E-state index contributed by atoms with van der Waals surface area (Å²) in [6.45, 7) is 4.80. The molecule has 1 aromatic rings. The summed E-state index contributed by atoms with van der Waals surface area (Å²) in [7, 11) is 0. The molecule has 0 unspecified atom stereocenters. The molecule has 2 nitrogen and oxygen atoms in total. The van der Waals surface area contributed by atoms with Crippen LogP contribution in [0.3, 0.4) is 0 Å². The van der Waals surface area contributed by atoms with Crippen LogP contribution in [0.5, 0.6) is 0 Å². The summed E-state index contributed by atoms with van der Waals surface area (Å²) in [5, 5.41) is 10.3. The van der Waals surface area contributed by atoms with E-state index in [0.717, 1.165) is 16.7 Å². The summed E-state index contributed by atoms with van der Waals surface area (Å²) in [4.78, 5) is 5.44. The maximum absolute atomic E-state index is 9.03. The molecule has 0 amide bonds. The Balaban J connectivity index is 1.93. The fraction of sp³-hybridized carbons (Fsp3) is 0.769. The van der Waals surface area contributed by atoms with Crippen LogP contribution in [0.4, 0.5) is 0 Å². The highest BCUT2D eigenvalue weighted by atomic mass is 32.1. The number of nitrogens with zero attached hydrogens (tertiary/aromatic N) is 1. The molecule has 0 aromatic carbocycles. The van der Waals surface area contributed by atoms with Crippen molar-refractivity contribution in [3.63, 3.8) is 0 Å². The third-order valence-electron chi connectivity index (χ3n) is 3.79. The number of hydrogen-bond donors (Lipinski definition) is 1. The zero-order valence-corrected chi connectivity index (χ0v) is 11.0. The summed E-state index contributed by atoms with van der Waals surface area (Å²) in [5.41, 5.74) is 0. The number of aliphatic hydroxyl groups is 1. The van der Waals surface area contributed by atoms with E-state index in [0.29, 0.717) is 5.92 Å². The van der Waals surface area contributed by atoms with Gasteiger partial charge in [-0.3, -0.25) is 0 Å². The molecule has 1 fully saturated rings. The van der Waals surface area contributed by atoms with E-state index in [1.807, 2.05) is 6.20 Å². The SMILES string of the molecule is CC(C)C1CCC(c2ncc(CO)s2)CC1. The number of rotatable bonds is 3. The Bertz CT molecular complexity index is 326. The van der Waals surface area contributed by atoms with Crippen LogP contribution in [0.25, 0.3) is 0 Å². The van der Waals surface area contributed by atoms with Crippen molar-refractivity contribution in [3.8, 4) is 0 Å². The van der Waals surface area contributed by atoms with Gasteiger partial charge in [0.05, 0.1) is 16.5 Å². The minimum absolute atomic E-state index is 0.138. The highest BCUT2D eigenvalue weighted by Gasteiger charge is 2.25. The van der Waals surface area contributed by atoms with Gasteiger partial charge in [-0.25, -0.2) is 4.98 Å². The third kappa shape index (κ3) is 2.64. The standard InChI is InChI=1S/C13H21NOS/c1-9(2)10-3-5-11(6-4-10)13-14-7-12(8-15)16-13/h7,9-11,15H,3-6,8H2,1-2H3. The fourth-order valence-corrected chi connectivity index (χ4v) is 3.56. The van der Waals surface area contributed by atoms with Gasteiger partial charge < -0.3 is 5.11 Å². The van der Waals surface area contributed by atoms with Gasteiger partial charge in [-0.1, -0.05) is 13.8 Å². The van der Waals surface area contributed by atoms with Crippen molar-refractivity contribution < 1.29 is 5.11 Å². The van der Waals surface area contributed by atoms with Gasteiger partial charge in [0.2, 0.25) is 0 Å². The van der Waals surface area contributed by atoms with Crippen molar-refractivity contribution in [2.75, 3.05) is 0 Å². The monoisotopic (exact) mass is 239 g/mol. The molecule has 1 aromatic heterocycles. The minimum atomic E-state index is 0.138. The van der Waals surface area contributed by atoms with E-state index in [1.54, 1.807) is 11.3 Å². The first kappa shape index (κ1) is 12.1. The molecule has 1 aliphatic carbocycles. The average Bonchev–Trinajstić information content (AvgIpc) is 2.77. The summed E-state index contributed by atoms with van der Waals surface area (Å²) < 4.78 is 0. The zero-order valence-electron chi connectivity index (χ0n) is 10.1. The molecule has 1 aliphatic rings. The van der Waals surface area contributed by atoms with Crippen LogP contribution < -0.4 is 0 Å². The number of hydrogen-bond acceptors (Lipinski definition) is 3. The van der Waals surface area contributed by atoms with Crippen molar-refractivity contribution >= 4 is 11.3 Å². The van der Waals surface area contributed by atoms with Gasteiger partial charge in [0.15, 0.2) is 0 Å². The Labute approximate surface area is 102 Å². The lowest BCUT2D eigenvalue weighted by atomic mass is 9.77. The van der Waals surface area contributed by atoms with Gasteiger partial charge in [0, 0.05) is 12.1 Å². The van der Waals surface area contributed by atoms with Crippen LogP contribution in [0.1, 0.15) is 55.3 Å². The molecular formula is C13H21NOS. The lowest BCUT2D eigenvalue weighted by Crippen LogP contribution is -2.17. The lowest BCUT2D eigenvalue weighted by Gasteiger charge is -2.29. The van der Waals surface area contributed by atoms with Crippen molar-refractivity contribution in [1.82, 2.24) is 4.98 Å². The molecule has 0 bridgehead atoms. The van der Waals surface area contributed by atoms with Gasteiger partial charge >= 0.3 is 0 Å². The smallest absolute Gasteiger partial charge is 0.0959 e. The molecule has 1 saturated carbocycles. The molecule has 1 heterocycles. The van der Waals surface area contributed by atoms with Gasteiger partial charge in [-0.15, -0.1) is 11.3 Å². The van der Waals surface area contributed by atoms with E-state index in [9.17, 15) is 0 Å². The molecule has 0 spiro atoms. The van der Waals surface area contributed by atoms with Crippen molar-refractivity contribution in [2.45, 2.75) is 52.1 Å². The Kier molecular flexibility index (Phi) is 3.98. The van der Waals surface area contributed by atoms with E-state index in [-0.39, 0.29) is 6.61 Å². The van der Waals surface area contributed by atoms with E-state index < -0.39 is 0 Å². The Hall–Kier alpha value is -0.410. The number of aromatic nitrogens is 1. The topological polar surface area (TPSA) is 33.1 Å². The first-order chi connectivity index (χ1) is 7.70. The first-order valence-corrected chi connectivity index (χ1v) is 7.07. The summed E-state index contributed by atoms with van der Waals surface area (Å²) in [6.07, 6.45) is 7.07. The normalized spacial score (nSPS) is 26.2. The fourth-order valence-electron chi connectivity index (χ4n) is 2.62. The van der Waals surface area contributed by atoms with E-state index in [1.165, 1.54) is 30.7 Å². The zero-order chi connectivity index (χ0) is 11.5. The molecule has 1 N–H and O–H groups in total. The van der Waals surface area contributed by atoms with Crippen molar-refractivity contribution in [1.29, 1.82) is 0 Å². The van der Waals surface area contributed by atoms with Gasteiger partial charge in [0.25, 0.3) is 0 Å². The second-order valence-corrected chi connectivity index (χ2v) is 6.33. The second-order valence-electron chi connectivity index (χ2n) is 5.18. The molecule has 0 atom stereocenters. The molecule has 16 heavy (non-hydrogen) atoms. The lowest BCUT2D eigenvalue weighted by molar-refractivity contribution is 0.258. The van der Waals surface area contributed by atoms with E-state index in [4.69, 9.17) is 5.11 Å². The summed E-state index contributed by atoms with van der Waals surface area (Å²) in [6, 6.07) is 0. The maximum atomic E-state index is 9.03. The maximum Gasteiger partial charge on any atom is 0.0959 e. The molecule has 3 heteroatoms. The molecule has 0 saturated heterocycles. The Morgan fingerprint density at radius 2 is 2.06 bits per heavy atom. The largest absolute Gasteiger partial charge is 0.391 e. The predicted octanol–water partition coefficient (Wildman–Crippen LogP) is 3.57. The highest BCUT2D eigenvalue weighted by Crippen LogP contribution is 2.39. The van der Waals surface area contributed by atoms with Crippen LogP contribution in [0.2, 0.25) is 0 Å². The van der Waals surface area contributed by atoms with E-state index in [2.05, 4.69) is 18.8 Å². The average molecular weight is 239 g/mol. The van der Waals surface area contributed by atoms with Gasteiger partial charge in [-0.05, 0) is 37.5 Å². The third-order valence-corrected chi connectivity index (χ3v) is 4.94. The second kappa shape index (κ2) is 5.28. The summed E-state index contributed by atoms with van der Waals surface area (Å²) in [5.74, 6) is 2.39. The Morgan fingerprint density at radius 1 is 1.38 bits per heavy atom. The van der Waals surface area contributed by atoms with Crippen LogP contribution in [0, 0.1) is 11.8 Å². The van der Waals surface area contributed by atoms with Crippen molar-refractivity contribution in [3.05, 3.63) is 16.1 Å². The van der Waals surface area contributed by atoms with Crippen LogP contribution in [-0.4, -0.2) is 10.1 Å². The molecule has 0 aliphatic heterocycles. The van der Waals surface area contributed by atoms with Crippen LogP contribution in [0.15, 0.2) is 6.20 Å². The molecule has 90 valence electrons. The van der Waals surface area contributed by atoms with Crippen molar-refractivity contribution in [2.24, 2.45) is 11.8 Å². The molecule has 0 radical (unpaired) electrons.